The van der Waals surface area contributed by atoms with Crippen molar-refractivity contribution in [3.63, 3.8) is 0 Å². The van der Waals surface area contributed by atoms with Gasteiger partial charge in [-0.15, -0.1) is 0 Å². The molecule has 0 spiro atoms. The molecule has 0 aliphatic carbocycles. The number of carbonyl (C=O) groups excluding carboxylic acids is 1. The van der Waals surface area contributed by atoms with Crippen LogP contribution < -0.4 is 10.5 Å². The van der Waals surface area contributed by atoms with Gasteiger partial charge in [0.15, 0.2) is 0 Å². The van der Waals surface area contributed by atoms with E-state index in [1.807, 2.05) is 4.72 Å². The van der Waals surface area contributed by atoms with Crippen molar-refractivity contribution in [2.45, 2.75) is 38.8 Å². The number of hydrogen-bond acceptors (Lipinski definition) is 5. The maximum Gasteiger partial charge on any atom is 0.422 e. The molecule has 0 saturated carbocycles. The summed E-state index contributed by atoms with van der Waals surface area (Å²) in [7, 11) is -3.84. The average Bonchev–Trinajstić information content (AvgIpc) is 2.62. The Kier molecular flexibility index (Phi) is 4.72. The summed E-state index contributed by atoms with van der Waals surface area (Å²) in [6.45, 7) is 3.92. The Hall–Kier alpha value is -0.860. The van der Waals surface area contributed by atoms with E-state index in [0.717, 1.165) is 12.8 Å². The minimum atomic E-state index is -3.84. The predicted octanol–water partition coefficient (Wildman–Crippen LogP) is -0.211. The molecule has 1 aliphatic rings. The van der Waals surface area contributed by atoms with Crippen LogP contribution in [0.2, 0.25) is 0 Å². The van der Waals surface area contributed by atoms with E-state index in [1.165, 1.54) is 4.31 Å². The fourth-order valence-corrected chi connectivity index (χ4v) is 3.09. The molecule has 0 aromatic heterocycles. The van der Waals surface area contributed by atoms with Crippen LogP contribution in [0.25, 0.3) is 0 Å². The molecule has 3 N–H and O–H groups in total. The zero-order chi connectivity index (χ0) is 13.1. The Bertz CT molecular complexity index is 368. The van der Waals surface area contributed by atoms with Gasteiger partial charge in [0, 0.05) is 19.1 Å². The van der Waals surface area contributed by atoms with Crippen molar-refractivity contribution in [1.82, 2.24) is 9.03 Å². The monoisotopic (exact) mass is 265 g/mol. The minimum absolute atomic E-state index is 0.237. The summed E-state index contributed by atoms with van der Waals surface area (Å²) >= 11 is 0. The SMILES string of the molecule is CC(C)OC(=O)NS(=O)(=O)N1CCCC1CN. The molecule has 0 bridgehead atoms. The zero-order valence-electron chi connectivity index (χ0n) is 10.0. The molecular weight excluding hydrogens is 246 g/mol. The molecule has 17 heavy (non-hydrogen) atoms. The normalized spacial score (nSPS) is 21.8. The van der Waals surface area contributed by atoms with E-state index in [2.05, 4.69) is 0 Å². The van der Waals surface area contributed by atoms with Crippen LogP contribution in [0.4, 0.5) is 4.79 Å². The van der Waals surface area contributed by atoms with Crippen LogP contribution in [0.1, 0.15) is 26.7 Å². The lowest BCUT2D eigenvalue weighted by Crippen LogP contribution is -2.48. The van der Waals surface area contributed by atoms with E-state index < -0.39 is 16.3 Å². The van der Waals surface area contributed by atoms with E-state index in [1.54, 1.807) is 13.8 Å². The maximum atomic E-state index is 11.9. The summed E-state index contributed by atoms with van der Waals surface area (Å²) < 4.78 is 31.5. The third-order valence-corrected chi connectivity index (χ3v) is 3.98. The molecule has 0 aromatic rings. The smallest absolute Gasteiger partial charge is 0.422 e. The molecule has 0 aromatic carbocycles. The molecule has 1 amide bonds. The van der Waals surface area contributed by atoms with Crippen molar-refractivity contribution < 1.29 is 17.9 Å². The fourth-order valence-electron chi connectivity index (χ4n) is 1.76. The topological polar surface area (TPSA) is 102 Å². The van der Waals surface area contributed by atoms with Gasteiger partial charge in [-0.2, -0.15) is 12.7 Å². The van der Waals surface area contributed by atoms with Crippen LogP contribution in [0.3, 0.4) is 0 Å². The lowest BCUT2D eigenvalue weighted by Gasteiger charge is -2.22. The van der Waals surface area contributed by atoms with Crippen molar-refractivity contribution in [2.24, 2.45) is 5.73 Å². The molecule has 1 rings (SSSR count). The van der Waals surface area contributed by atoms with E-state index >= 15 is 0 Å². The first-order valence-electron chi connectivity index (χ1n) is 5.57. The summed E-state index contributed by atoms with van der Waals surface area (Å²) in [6.07, 6.45) is 0.148. The highest BCUT2D eigenvalue weighted by molar-refractivity contribution is 7.87. The second-order valence-corrected chi connectivity index (χ2v) is 5.83. The Balaban J connectivity index is 2.65. The standard InChI is InChI=1S/C9H19N3O4S/c1-7(2)16-9(13)11-17(14,15)12-5-3-4-8(12)6-10/h7-8H,3-6,10H2,1-2H3,(H,11,13). The highest BCUT2D eigenvalue weighted by Gasteiger charge is 2.34. The van der Waals surface area contributed by atoms with Gasteiger partial charge in [-0.05, 0) is 26.7 Å². The van der Waals surface area contributed by atoms with E-state index in [4.69, 9.17) is 10.5 Å². The van der Waals surface area contributed by atoms with Crippen LogP contribution >= 0.6 is 0 Å². The second-order valence-electron chi connectivity index (χ2n) is 4.20. The van der Waals surface area contributed by atoms with Gasteiger partial charge >= 0.3 is 16.3 Å². The molecule has 1 saturated heterocycles. The summed E-state index contributed by atoms with van der Waals surface area (Å²) in [5, 5.41) is 0. The van der Waals surface area contributed by atoms with Crippen LogP contribution in [-0.2, 0) is 14.9 Å². The molecule has 1 fully saturated rings. The van der Waals surface area contributed by atoms with Crippen molar-refractivity contribution >= 4 is 16.3 Å². The highest BCUT2D eigenvalue weighted by atomic mass is 32.2. The van der Waals surface area contributed by atoms with Gasteiger partial charge in [-0.25, -0.2) is 9.52 Å². The third kappa shape index (κ3) is 3.83. The van der Waals surface area contributed by atoms with Gasteiger partial charge in [-0.3, -0.25) is 0 Å². The molecule has 1 aliphatic heterocycles. The summed E-state index contributed by atoms with van der Waals surface area (Å²) in [5.74, 6) is 0. The summed E-state index contributed by atoms with van der Waals surface area (Å²) in [5.41, 5.74) is 5.48. The van der Waals surface area contributed by atoms with Crippen LogP contribution in [0, 0.1) is 0 Å². The fraction of sp³-hybridized carbons (Fsp3) is 0.889. The van der Waals surface area contributed by atoms with Gasteiger partial charge in [0.05, 0.1) is 6.10 Å². The first-order valence-corrected chi connectivity index (χ1v) is 7.01. The highest BCUT2D eigenvalue weighted by Crippen LogP contribution is 2.19. The molecule has 8 heteroatoms. The number of nitrogens with one attached hydrogen (secondary N) is 1. The predicted molar refractivity (Wildman–Crippen MR) is 62.5 cm³/mol. The van der Waals surface area contributed by atoms with Gasteiger partial charge < -0.3 is 10.5 Å². The second kappa shape index (κ2) is 5.65. The average molecular weight is 265 g/mol. The Morgan fingerprint density at radius 1 is 1.59 bits per heavy atom. The Labute approximate surface area is 101 Å². The number of nitrogens with two attached hydrogens (primary N) is 1. The van der Waals surface area contributed by atoms with Crippen LogP contribution in [0.15, 0.2) is 0 Å². The number of rotatable bonds is 4. The molecule has 1 atom stereocenters. The number of amides is 1. The van der Waals surface area contributed by atoms with E-state index in [-0.39, 0.29) is 18.7 Å². The maximum absolute atomic E-state index is 11.9. The number of carbonyl (C=O) groups is 1. The molecule has 0 radical (unpaired) electrons. The van der Waals surface area contributed by atoms with Crippen molar-refractivity contribution in [3.8, 4) is 0 Å². The third-order valence-electron chi connectivity index (χ3n) is 2.46. The first-order chi connectivity index (χ1) is 7.86. The Morgan fingerprint density at radius 3 is 2.76 bits per heavy atom. The molecule has 100 valence electrons. The molecule has 7 nitrogen and oxygen atoms in total. The van der Waals surface area contributed by atoms with Crippen LogP contribution in [-0.4, -0.2) is 44.1 Å². The van der Waals surface area contributed by atoms with E-state index in [9.17, 15) is 13.2 Å². The lowest BCUT2D eigenvalue weighted by molar-refractivity contribution is 0.121. The van der Waals surface area contributed by atoms with Gasteiger partial charge in [0.2, 0.25) is 0 Å². The van der Waals surface area contributed by atoms with E-state index in [0.29, 0.717) is 6.54 Å². The van der Waals surface area contributed by atoms with Crippen LogP contribution in [0.5, 0.6) is 0 Å². The first kappa shape index (κ1) is 14.2. The van der Waals surface area contributed by atoms with Crippen molar-refractivity contribution in [1.29, 1.82) is 0 Å². The summed E-state index contributed by atoms with van der Waals surface area (Å²) in [6, 6.07) is -0.237. The van der Waals surface area contributed by atoms with Crippen molar-refractivity contribution in [3.05, 3.63) is 0 Å². The molecule has 1 heterocycles. The zero-order valence-corrected chi connectivity index (χ0v) is 10.9. The quantitative estimate of drug-likeness (QED) is 0.732. The van der Waals surface area contributed by atoms with Gasteiger partial charge in [0.25, 0.3) is 0 Å². The Morgan fingerprint density at radius 2 is 2.24 bits per heavy atom. The minimum Gasteiger partial charge on any atom is -0.446 e. The van der Waals surface area contributed by atoms with Gasteiger partial charge in [-0.1, -0.05) is 0 Å². The summed E-state index contributed by atoms with van der Waals surface area (Å²) in [4.78, 5) is 11.3. The number of ether oxygens (including phenoxy) is 1. The lowest BCUT2D eigenvalue weighted by atomic mass is 10.2. The van der Waals surface area contributed by atoms with Gasteiger partial charge in [0.1, 0.15) is 0 Å². The number of hydrogen-bond donors (Lipinski definition) is 2. The molecular formula is C9H19N3O4S. The number of nitrogens with zero attached hydrogens (tertiary/aromatic N) is 1. The molecule has 1 unspecified atom stereocenters. The van der Waals surface area contributed by atoms with Crippen molar-refractivity contribution in [2.75, 3.05) is 13.1 Å². The largest absolute Gasteiger partial charge is 0.446 e.